The first-order valence-electron chi connectivity index (χ1n) is 9.79. The van der Waals surface area contributed by atoms with Crippen LogP contribution in [0, 0.1) is 12.3 Å². The first-order chi connectivity index (χ1) is 13.4. The highest BCUT2D eigenvalue weighted by Crippen LogP contribution is 2.40. The van der Waals surface area contributed by atoms with Crippen LogP contribution >= 0.6 is 0 Å². The number of ether oxygens (including phenoxy) is 1. The lowest BCUT2D eigenvalue weighted by Gasteiger charge is -2.55. The predicted octanol–water partition coefficient (Wildman–Crippen LogP) is 2.80. The van der Waals surface area contributed by atoms with Crippen molar-refractivity contribution < 1.29 is 13.5 Å². The molecule has 0 aromatic carbocycles. The van der Waals surface area contributed by atoms with Gasteiger partial charge in [-0.25, -0.2) is 13.5 Å². The Hall–Kier alpha value is -2.29. The zero-order valence-corrected chi connectivity index (χ0v) is 15.9. The highest BCUT2D eigenvalue weighted by Gasteiger charge is 2.49. The Bertz CT molecular complexity index is 863. The minimum Gasteiger partial charge on any atom is -0.380 e. The van der Waals surface area contributed by atoms with Crippen molar-refractivity contribution in [1.82, 2.24) is 19.7 Å². The standard InChI is InChI=1S/C19H24F2N6O/c1-13-4-7-27(25-13)17-23-15(22-14-2-5-19(20,21)6-3-14)8-16(24-17)26-9-18(10-26)11-28-12-18/h4,7-8,14H,2-3,5-6,9-12H2,1H3,(H,22,23,24). The summed E-state index contributed by atoms with van der Waals surface area (Å²) in [5, 5.41) is 7.77. The van der Waals surface area contributed by atoms with Crippen LogP contribution in [-0.2, 0) is 4.74 Å². The quantitative estimate of drug-likeness (QED) is 0.866. The molecule has 3 aliphatic rings. The fourth-order valence-corrected chi connectivity index (χ4v) is 4.18. The maximum atomic E-state index is 13.5. The van der Waals surface area contributed by atoms with Crippen molar-refractivity contribution in [2.75, 3.05) is 36.5 Å². The highest BCUT2D eigenvalue weighted by atomic mass is 19.3. The number of rotatable bonds is 4. The zero-order chi connectivity index (χ0) is 19.4. The molecule has 28 heavy (non-hydrogen) atoms. The Morgan fingerprint density at radius 2 is 1.93 bits per heavy atom. The molecule has 2 aliphatic heterocycles. The van der Waals surface area contributed by atoms with E-state index in [4.69, 9.17) is 9.72 Å². The number of hydrogen-bond acceptors (Lipinski definition) is 6. The van der Waals surface area contributed by atoms with E-state index in [1.807, 2.05) is 25.3 Å². The lowest BCUT2D eigenvalue weighted by molar-refractivity contribution is -0.127. The molecule has 150 valence electrons. The monoisotopic (exact) mass is 390 g/mol. The number of nitrogens with zero attached hydrogens (tertiary/aromatic N) is 5. The molecule has 0 radical (unpaired) electrons. The number of aryl methyl sites for hydroxylation is 1. The van der Waals surface area contributed by atoms with E-state index in [9.17, 15) is 8.78 Å². The summed E-state index contributed by atoms with van der Waals surface area (Å²) in [6, 6.07) is 3.81. The van der Waals surface area contributed by atoms with Crippen molar-refractivity contribution in [1.29, 1.82) is 0 Å². The lowest BCUT2D eigenvalue weighted by atomic mass is 9.78. The number of anilines is 2. The largest absolute Gasteiger partial charge is 0.380 e. The Morgan fingerprint density at radius 3 is 2.54 bits per heavy atom. The Balaban J connectivity index is 1.38. The minimum absolute atomic E-state index is 0.00246. The van der Waals surface area contributed by atoms with Gasteiger partial charge in [0.1, 0.15) is 11.6 Å². The van der Waals surface area contributed by atoms with Gasteiger partial charge in [0.2, 0.25) is 5.92 Å². The van der Waals surface area contributed by atoms with Gasteiger partial charge in [0.15, 0.2) is 0 Å². The maximum absolute atomic E-state index is 13.5. The first kappa shape index (κ1) is 17.8. The summed E-state index contributed by atoms with van der Waals surface area (Å²) in [5.74, 6) is -0.558. The Morgan fingerprint density at radius 1 is 1.18 bits per heavy atom. The molecule has 2 saturated heterocycles. The van der Waals surface area contributed by atoms with Crippen molar-refractivity contribution in [3.8, 4) is 5.95 Å². The molecule has 2 aromatic rings. The maximum Gasteiger partial charge on any atom is 0.254 e. The van der Waals surface area contributed by atoms with Crippen LogP contribution in [0.4, 0.5) is 20.4 Å². The van der Waals surface area contributed by atoms with Crippen LogP contribution in [0.1, 0.15) is 31.4 Å². The van der Waals surface area contributed by atoms with Crippen LogP contribution < -0.4 is 10.2 Å². The summed E-state index contributed by atoms with van der Waals surface area (Å²) in [6.45, 7) is 5.35. The van der Waals surface area contributed by atoms with Gasteiger partial charge in [0, 0.05) is 44.2 Å². The third-order valence-corrected chi connectivity index (χ3v) is 5.89. The van der Waals surface area contributed by atoms with E-state index in [0.717, 1.165) is 37.8 Å². The van der Waals surface area contributed by atoms with Crippen LogP contribution in [0.25, 0.3) is 5.95 Å². The molecule has 3 fully saturated rings. The fraction of sp³-hybridized carbons (Fsp3) is 0.632. The van der Waals surface area contributed by atoms with Crippen molar-refractivity contribution in [3.05, 3.63) is 24.0 Å². The smallest absolute Gasteiger partial charge is 0.254 e. The second-order valence-electron chi connectivity index (χ2n) is 8.44. The van der Waals surface area contributed by atoms with E-state index >= 15 is 0 Å². The molecule has 1 N–H and O–H groups in total. The SMILES string of the molecule is Cc1ccn(-c2nc(NC3CCC(F)(F)CC3)cc(N3CC4(COC4)C3)n2)n1. The first-order valence-corrected chi connectivity index (χ1v) is 9.79. The van der Waals surface area contributed by atoms with Gasteiger partial charge in [-0.05, 0) is 25.8 Å². The normalized spacial score (nSPS) is 23.3. The molecule has 4 heterocycles. The number of nitrogens with one attached hydrogen (secondary N) is 1. The molecule has 5 rings (SSSR count). The summed E-state index contributed by atoms with van der Waals surface area (Å²) in [4.78, 5) is 11.5. The predicted molar refractivity (Wildman–Crippen MR) is 100 cm³/mol. The van der Waals surface area contributed by atoms with Gasteiger partial charge in [0.25, 0.3) is 5.95 Å². The van der Waals surface area contributed by atoms with Crippen LogP contribution in [0.2, 0.25) is 0 Å². The van der Waals surface area contributed by atoms with Crippen molar-refractivity contribution in [2.45, 2.75) is 44.6 Å². The van der Waals surface area contributed by atoms with E-state index < -0.39 is 5.92 Å². The van der Waals surface area contributed by atoms with Gasteiger partial charge in [-0.1, -0.05) is 0 Å². The zero-order valence-electron chi connectivity index (χ0n) is 15.9. The molecule has 0 amide bonds. The van der Waals surface area contributed by atoms with E-state index in [0.29, 0.717) is 24.6 Å². The van der Waals surface area contributed by atoms with Crippen molar-refractivity contribution in [2.24, 2.45) is 5.41 Å². The summed E-state index contributed by atoms with van der Waals surface area (Å²) in [5.41, 5.74) is 1.16. The van der Waals surface area contributed by atoms with Gasteiger partial charge in [-0.2, -0.15) is 15.1 Å². The van der Waals surface area contributed by atoms with Crippen LogP contribution in [0.3, 0.4) is 0 Å². The van der Waals surface area contributed by atoms with Gasteiger partial charge in [0.05, 0.1) is 24.3 Å². The van der Waals surface area contributed by atoms with Crippen LogP contribution in [0.15, 0.2) is 18.3 Å². The lowest BCUT2D eigenvalue weighted by Crippen LogP contribution is -2.66. The number of aromatic nitrogens is 4. The van der Waals surface area contributed by atoms with E-state index in [1.165, 1.54) is 0 Å². The minimum atomic E-state index is -2.54. The van der Waals surface area contributed by atoms with Gasteiger partial charge >= 0.3 is 0 Å². The number of halogens is 2. The Kier molecular flexibility index (Phi) is 4.04. The molecule has 1 spiro atoms. The van der Waals surface area contributed by atoms with E-state index in [1.54, 1.807) is 4.68 Å². The molecule has 2 aromatic heterocycles. The van der Waals surface area contributed by atoms with Crippen LogP contribution in [-0.4, -0.2) is 58.0 Å². The molecular weight excluding hydrogens is 366 g/mol. The van der Waals surface area contributed by atoms with Gasteiger partial charge < -0.3 is 15.0 Å². The summed E-state index contributed by atoms with van der Waals surface area (Å²) in [7, 11) is 0. The molecule has 9 heteroatoms. The highest BCUT2D eigenvalue weighted by molar-refractivity contribution is 5.54. The average molecular weight is 390 g/mol. The molecule has 0 bridgehead atoms. The number of alkyl halides is 2. The molecule has 7 nitrogen and oxygen atoms in total. The third kappa shape index (κ3) is 3.32. The van der Waals surface area contributed by atoms with Gasteiger partial charge in [-0.3, -0.25) is 0 Å². The molecule has 1 saturated carbocycles. The second kappa shape index (κ2) is 6.37. The van der Waals surface area contributed by atoms with Crippen LogP contribution in [0.5, 0.6) is 0 Å². The van der Waals surface area contributed by atoms with Gasteiger partial charge in [-0.15, -0.1) is 0 Å². The van der Waals surface area contributed by atoms with Crippen molar-refractivity contribution >= 4 is 11.6 Å². The topological polar surface area (TPSA) is 68.1 Å². The molecule has 1 aliphatic carbocycles. The fourth-order valence-electron chi connectivity index (χ4n) is 4.18. The second-order valence-corrected chi connectivity index (χ2v) is 8.44. The number of hydrogen-bond donors (Lipinski definition) is 1. The summed E-state index contributed by atoms with van der Waals surface area (Å²) >= 11 is 0. The molecule has 0 atom stereocenters. The van der Waals surface area contributed by atoms with E-state index in [2.05, 4.69) is 20.3 Å². The summed E-state index contributed by atoms with van der Waals surface area (Å²) in [6.07, 6.45) is 2.54. The molecule has 0 unspecified atom stereocenters. The van der Waals surface area contributed by atoms with E-state index in [-0.39, 0.29) is 24.3 Å². The third-order valence-electron chi connectivity index (χ3n) is 5.89. The summed E-state index contributed by atoms with van der Waals surface area (Å²) < 4.78 is 33.9. The Labute approximate surface area is 162 Å². The molecular formula is C19H24F2N6O. The average Bonchev–Trinajstić information content (AvgIpc) is 3.01. The van der Waals surface area contributed by atoms with Crippen molar-refractivity contribution in [3.63, 3.8) is 0 Å².